The molecule has 0 atom stereocenters. The summed E-state index contributed by atoms with van der Waals surface area (Å²) < 4.78 is 0. The Morgan fingerprint density at radius 3 is 1.06 bits per heavy atom. The predicted molar refractivity (Wildman–Crippen MR) is 159 cm³/mol. The quantitative estimate of drug-likeness (QED) is 0.147. The molecule has 0 bridgehead atoms. The van der Waals surface area contributed by atoms with Crippen molar-refractivity contribution in [2.75, 3.05) is 0 Å². The molecule has 0 aliphatic carbocycles. The molecule has 0 fully saturated rings. The van der Waals surface area contributed by atoms with Crippen LogP contribution >= 0.6 is 68.0 Å². The van der Waals surface area contributed by atoms with Crippen LogP contribution in [0, 0.1) is 11.8 Å². The predicted octanol–water partition coefficient (Wildman–Crippen LogP) is 9.75. The van der Waals surface area contributed by atoms with Crippen LogP contribution in [0.5, 0.6) is 0 Å². The Morgan fingerprint density at radius 1 is 0.389 bits per heavy atom. The smallest absolute Gasteiger partial charge is 0.160 e. The fraction of sp³-hybridized carbons (Fsp3) is 0. The van der Waals surface area contributed by atoms with Crippen molar-refractivity contribution < 1.29 is 9.59 Å². The highest BCUT2D eigenvalue weighted by molar-refractivity contribution is 7.27. The van der Waals surface area contributed by atoms with Crippen LogP contribution in [0.4, 0.5) is 0 Å². The minimum absolute atomic E-state index is 0.751. The summed E-state index contributed by atoms with van der Waals surface area (Å²) in [5.74, 6) is 6.65. The van der Waals surface area contributed by atoms with Gasteiger partial charge in [0.2, 0.25) is 0 Å². The van der Waals surface area contributed by atoms with E-state index in [0.29, 0.717) is 0 Å². The summed E-state index contributed by atoms with van der Waals surface area (Å²) in [5.41, 5.74) is 0. The van der Waals surface area contributed by atoms with Crippen LogP contribution in [0.15, 0.2) is 72.8 Å². The highest BCUT2D eigenvalue weighted by atomic mass is 32.1. The van der Waals surface area contributed by atoms with E-state index in [1.807, 2.05) is 24.3 Å². The van der Waals surface area contributed by atoms with Gasteiger partial charge in [-0.15, -0.1) is 68.0 Å². The van der Waals surface area contributed by atoms with Crippen molar-refractivity contribution >= 4 is 80.6 Å². The second-order valence-corrected chi connectivity index (χ2v) is 14.1. The lowest BCUT2D eigenvalue weighted by Gasteiger charge is -1.90. The lowest BCUT2D eigenvalue weighted by atomic mass is 10.3. The monoisotopic (exact) mass is 574 g/mol. The summed E-state index contributed by atoms with van der Waals surface area (Å²) >= 11 is 9.91. The Balaban J connectivity index is 1.17. The second-order valence-electron chi connectivity index (χ2n) is 7.55. The average molecular weight is 575 g/mol. The Hall–Kier alpha value is -2.90. The molecule has 36 heavy (non-hydrogen) atoms. The first-order valence-electron chi connectivity index (χ1n) is 10.7. The van der Waals surface area contributed by atoms with E-state index in [-0.39, 0.29) is 0 Å². The average Bonchev–Trinajstić information content (AvgIpc) is 3.72. The molecule has 0 aliphatic heterocycles. The molecule has 8 heteroatoms. The van der Waals surface area contributed by atoms with E-state index in [9.17, 15) is 9.59 Å². The topological polar surface area (TPSA) is 34.1 Å². The molecule has 6 aromatic rings. The van der Waals surface area contributed by atoms with Gasteiger partial charge in [-0.2, -0.15) is 0 Å². The molecule has 0 amide bonds. The molecule has 0 saturated heterocycles. The molecular formula is C28H14O2S6. The maximum absolute atomic E-state index is 11.0. The first kappa shape index (κ1) is 23.5. The van der Waals surface area contributed by atoms with Gasteiger partial charge in [0, 0.05) is 39.0 Å². The Morgan fingerprint density at radius 2 is 0.694 bits per heavy atom. The van der Waals surface area contributed by atoms with Gasteiger partial charge in [0.15, 0.2) is 12.6 Å². The van der Waals surface area contributed by atoms with Crippen molar-refractivity contribution in [3.05, 3.63) is 92.3 Å². The number of aldehydes is 2. The summed E-state index contributed by atoms with van der Waals surface area (Å²) in [4.78, 5) is 35.0. The van der Waals surface area contributed by atoms with E-state index in [1.54, 1.807) is 45.3 Å². The molecule has 174 valence electrons. The third-order valence-corrected chi connectivity index (χ3v) is 12.2. The van der Waals surface area contributed by atoms with E-state index >= 15 is 0 Å². The van der Waals surface area contributed by atoms with Crippen LogP contribution in [0.25, 0.3) is 39.0 Å². The number of thiophene rings is 6. The largest absolute Gasteiger partial charge is 0.297 e. The molecule has 0 aromatic carbocycles. The lowest BCUT2D eigenvalue weighted by molar-refractivity contribution is 0.111. The number of hydrogen-bond donors (Lipinski definition) is 0. The van der Waals surface area contributed by atoms with E-state index in [2.05, 4.69) is 60.4 Å². The SMILES string of the molecule is O=Cc1ccc(-c2ccc(-c3ccc(C#Cc4ccc(-c5ccc(-c6ccc(C=O)s6)s5)s4)s3)s2)s1. The number of carbonyl (C=O) groups excluding carboxylic acids is 2. The van der Waals surface area contributed by atoms with Crippen LogP contribution in [-0.4, -0.2) is 12.6 Å². The number of carbonyl (C=O) groups is 2. The van der Waals surface area contributed by atoms with Gasteiger partial charge in [0.1, 0.15) is 0 Å². The van der Waals surface area contributed by atoms with E-state index in [1.165, 1.54) is 51.9 Å². The van der Waals surface area contributed by atoms with Crippen LogP contribution in [0.1, 0.15) is 29.1 Å². The normalized spacial score (nSPS) is 10.8. The van der Waals surface area contributed by atoms with E-state index in [0.717, 1.165) is 41.8 Å². The van der Waals surface area contributed by atoms with Gasteiger partial charge in [0.05, 0.1) is 19.5 Å². The van der Waals surface area contributed by atoms with Gasteiger partial charge in [-0.05, 0) is 84.6 Å². The molecule has 6 aromatic heterocycles. The first-order valence-corrected chi connectivity index (χ1v) is 15.6. The molecular weight excluding hydrogens is 561 g/mol. The summed E-state index contributed by atoms with van der Waals surface area (Å²) in [6, 6.07) is 24.7. The van der Waals surface area contributed by atoms with Crippen molar-refractivity contribution in [1.82, 2.24) is 0 Å². The zero-order valence-electron chi connectivity index (χ0n) is 18.3. The molecule has 6 heterocycles. The summed E-state index contributed by atoms with van der Waals surface area (Å²) in [5, 5.41) is 0. The maximum Gasteiger partial charge on any atom is 0.160 e. The molecule has 0 aliphatic rings. The van der Waals surface area contributed by atoms with Crippen molar-refractivity contribution in [2.45, 2.75) is 0 Å². The van der Waals surface area contributed by atoms with Crippen molar-refractivity contribution in [3.63, 3.8) is 0 Å². The van der Waals surface area contributed by atoms with Crippen LogP contribution < -0.4 is 0 Å². The number of rotatable bonds is 6. The van der Waals surface area contributed by atoms with Gasteiger partial charge < -0.3 is 0 Å². The summed E-state index contributed by atoms with van der Waals surface area (Å²) in [7, 11) is 0. The van der Waals surface area contributed by atoms with Gasteiger partial charge in [-0.1, -0.05) is 0 Å². The lowest BCUT2D eigenvalue weighted by Crippen LogP contribution is -1.62. The van der Waals surface area contributed by atoms with Crippen LogP contribution in [0.3, 0.4) is 0 Å². The third kappa shape index (κ3) is 4.87. The first-order chi connectivity index (χ1) is 17.7. The van der Waals surface area contributed by atoms with Crippen molar-refractivity contribution in [1.29, 1.82) is 0 Å². The van der Waals surface area contributed by atoms with Crippen molar-refractivity contribution in [2.24, 2.45) is 0 Å². The molecule has 2 nitrogen and oxygen atoms in total. The molecule has 0 N–H and O–H groups in total. The molecule has 0 radical (unpaired) electrons. The van der Waals surface area contributed by atoms with E-state index in [4.69, 9.17) is 0 Å². The molecule has 0 saturated carbocycles. The highest BCUT2D eigenvalue weighted by Crippen LogP contribution is 2.41. The highest BCUT2D eigenvalue weighted by Gasteiger charge is 2.11. The zero-order valence-corrected chi connectivity index (χ0v) is 23.2. The molecule has 0 spiro atoms. The zero-order chi connectivity index (χ0) is 24.5. The van der Waals surface area contributed by atoms with Crippen molar-refractivity contribution in [3.8, 4) is 50.9 Å². The van der Waals surface area contributed by atoms with Crippen LogP contribution in [0.2, 0.25) is 0 Å². The minimum Gasteiger partial charge on any atom is -0.297 e. The molecule has 0 unspecified atom stereocenters. The Labute approximate surface area is 231 Å². The summed E-state index contributed by atoms with van der Waals surface area (Å²) in [6.07, 6.45) is 1.80. The van der Waals surface area contributed by atoms with Gasteiger partial charge in [0.25, 0.3) is 0 Å². The van der Waals surface area contributed by atoms with Gasteiger partial charge in [-0.3, -0.25) is 9.59 Å². The fourth-order valence-corrected chi connectivity index (χ4v) is 9.24. The van der Waals surface area contributed by atoms with E-state index < -0.39 is 0 Å². The van der Waals surface area contributed by atoms with Gasteiger partial charge in [-0.25, -0.2) is 0 Å². The van der Waals surface area contributed by atoms with Gasteiger partial charge >= 0.3 is 0 Å². The maximum atomic E-state index is 11.0. The fourth-order valence-electron chi connectivity index (χ4n) is 3.50. The minimum atomic E-state index is 0.751. The standard InChI is InChI=1S/C28H14O2S6/c29-15-19-5-9-23(33-19)27-13-11-25(35-27)21-7-3-17(31-21)1-2-18-4-8-22(32-18)26-12-14-28(36-26)24-10-6-20(16-30)34-24/h3-16H. The number of hydrogen-bond acceptors (Lipinski definition) is 8. The Bertz CT molecular complexity index is 1630. The molecule has 6 rings (SSSR count). The van der Waals surface area contributed by atoms with Crippen LogP contribution in [-0.2, 0) is 0 Å². The second kappa shape index (κ2) is 10.2. The Kier molecular flexibility index (Phi) is 6.67. The summed E-state index contributed by atoms with van der Waals surface area (Å²) in [6.45, 7) is 0. The third-order valence-electron chi connectivity index (χ3n) is 5.19.